The van der Waals surface area contributed by atoms with Crippen LogP contribution in [0.5, 0.6) is 11.5 Å². The molecule has 1 aliphatic heterocycles. The molecule has 0 bridgehead atoms. The first kappa shape index (κ1) is 13.4. The van der Waals surface area contributed by atoms with Gasteiger partial charge in [0.2, 0.25) is 6.79 Å². The molecule has 0 saturated heterocycles. The number of rotatable bonds is 4. The number of fused-ring (bicyclic) bond motifs is 1. The molecule has 0 fully saturated rings. The van der Waals surface area contributed by atoms with Crippen molar-refractivity contribution in [3.05, 3.63) is 34.8 Å². The lowest BCUT2D eigenvalue weighted by Gasteiger charge is -2.03. The van der Waals surface area contributed by atoms with Crippen LogP contribution in [-0.4, -0.2) is 28.8 Å². The molecule has 0 unspecified atom stereocenters. The lowest BCUT2D eigenvalue weighted by molar-refractivity contribution is -0.136. The minimum Gasteiger partial charge on any atom is -0.481 e. The van der Waals surface area contributed by atoms with E-state index in [4.69, 9.17) is 14.6 Å². The second-order valence-corrected chi connectivity index (χ2v) is 5.09. The van der Waals surface area contributed by atoms with Gasteiger partial charge in [-0.15, -0.1) is 11.3 Å². The highest BCUT2D eigenvalue weighted by Crippen LogP contribution is 2.32. The standard InChI is InChI=1S/C13H10N2O5S/c16-11(17)4-8-5-21-13(14-8)15-12(18)7-1-2-9-10(3-7)20-6-19-9/h1-3,5H,4,6H2,(H,16,17)(H,14,15,18). The second kappa shape index (κ2) is 5.41. The van der Waals surface area contributed by atoms with E-state index in [1.807, 2.05) is 0 Å². The summed E-state index contributed by atoms with van der Waals surface area (Å²) in [6.07, 6.45) is -0.170. The number of nitrogens with zero attached hydrogens (tertiary/aromatic N) is 1. The molecule has 7 nitrogen and oxygen atoms in total. The summed E-state index contributed by atoms with van der Waals surface area (Å²) in [5.41, 5.74) is 0.822. The van der Waals surface area contributed by atoms with Crippen LogP contribution in [0, 0.1) is 0 Å². The summed E-state index contributed by atoms with van der Waals surface area (Å²) in [4.78, 5) is 26.7. The van der Waals surface area contributed by atoms with Gasteiger partial charge in [0.05, 0.1) is 12.1 Å². The molecule has 1 aromatic heterocycles. The Morgan fingerprint density at radius 1 is 1.33 bits per heavy atom. The molecule has 8 heteroatoms. The first-order valence-electron chi connectivity index (χ1n) is 5.99. The Balaban J connectivity index is 1.71. The third-order valence-corrected chi connectivity index (χ3v) is 3.55. The Labute approximate surface area is 123 Å². The van der Waals surface area contributed by atoms with E-state index in [0.717, 1.165) is 0 Å². The van der Waals surface area contributed by atoms with Crippen LogP contribution in [0.2, 0.25) is 0 Å². The lowest BCUT2D eigenvalue weighted by Crippen LogP contribution is -2.11. The average Bonchev–Trinajstić information content (AvgIpc) is 3.06. The van der Waals surface area contributed by atoms with Crippen molar-refractivity contribution in [2.24, 2.45) is 0 Å². The Bertz CT molecular complexity index is 712. The van der Waals surface area contributed by atoms with E-state index in [0.29, 0.717) is 27.9 Å². The molecular formula is C13H10N2O5S. The Hall–Kier alpha value is -2.61. The van der Waals surface area contributed by atoms with E-state index in [9.17, 15) is 9.59 Å². The van der Waals surface area contributed by atoms with Crippen molar-refractivity contribution in [1.29, 1.82) is 0 Å². The number of carbonyl (C=O) groups excluding carboxylic acids is 1. The molecule has 0 spiro atoms. The third-order valence-electron chi connectivity index (χ3n) is 2.74. The fourth-order valence-corrected chi connectivity index (χ4v) is 2.51. The summed E-state index contributed by atoms with van der Waals surface area (Å²) < 4.78 is 10.4. The fourth-order valence-electron chi connectivity index (χ4n) is 1.81. The predicted molar refractivity (Wildman–Crippen MR) is 74.0 cm³/mol. The van der Waals surface area contributed by atoms with Crippen molar-refractivity contribution >= 4 is 28.3 Å². The predicted octanol–water partition coefficient (Wildman–Crippen LogP) is 1.75. The van der Waals surface area contributed by atoms with E-state index in [1.54, 1.807) is 23.6 Å². The molecule has 0 saturated carbocycles. The maximum absolute atomic E-state index is 12.1. The van der Waals surface area contributed by atoms with Gasteiger partial charge < -0.3 is 14.6 Å². The number of amides is 1. The number of carbonyl (C=O) groups is 2. The summed E-state index contributed by atoms with van der Waals surface area (Å²) in [6, 6.07) is 4.87. The maximum atomic E-state index is 12.1. The Morgan fingerprint density at radius 2 is 2.14 bits per heavy atom. The Morgan fingerprint density at radius 3 is 2.95 bits per heavy atom. The van der Waals surface area contributed by atoms with Crippen molar-refractivity contribution in [2.45, 2.75) is 6.42 Å². The number of ether oxygens (including phenoxy) is 2. The molecule has 1 aromatic carbocycles. The molecule has 2 aromatic rings. The zero-order chi connectivity index (χ0) is 14.8. The van der Waals surface area contributed by atoms with Gasteiger partial charge in [0.25, 0.3) is 5.91 Å². The van der Waals surface area contributed by atoms with Gasteiger partial charge in [-0.3, -0.25) is 14.9 Å². The number of carboxylic acids is 1. The van der Waals surface area contributed by atoms with E-state index < -0.39 is 5.97 Å². The highest BCUT2D eigenvalue weighted by atomic mass is 32.1. The van der Waals surface area contributed by atoms with Gasteiger partial charge in [0, 0.05) is 10.9 Å². The number of carboxylic acid groups (broad SMARTS) is 1. The third kappa shape index (κ3) is 2.95. The molecular weight excluding hydrogens is 296 g/mol. The molecule has 3 rings (SSSR count). The zero-order valence-corrected chi connectivity index (χ0v) is 11.5. The van der Waals surface area contributed by atoms with Crippen molar-refractivity contribution < 1.29 is 24.2 Å². The van der Waals surface area contributed by atoms with Gasteiger partial charge >= 0.3 is 5.97 Å². The van der Waals surface area contributed by atoms with E-state index in [1.165, 1.54) is 11.3 Å². The lowest BCUT2D eigenvalue weighted by atomic mass is 10.2. The number of nitrogens with one attached hydrogen (secondary N) is 1. The molecule has 1 aliphatic rings. The largest absolute Gasteiger partial charge is 0.481 e. The number of hydrogen-bond donors (Lipinski definition) is 2. The van der Waals surface area contributed by atoms with Crippen LogP contribution < -0.4 is 14.8 Å². The number of hydrogen-bond acceptors (Lipinski definition) is 6. The van der Waals surface area contributed by atoms with Crippen LogP contribution in [0.25, 0.3) is 0 Å². The smallest absolute Gasteiger partial charge is 0.309 e. The second-order valence-electron chi connectivity index (χ2n) is 4.24. The summed E-state index contributed by atoms with van der Waals surface area (Å²) in [6.45, 7) is 0.144. The topological polar surface area (TPSA) is 97.8 Å². The summed E-state index contributed by atoms with van der Waals surface area (Å²) >= 11 is 1.18. The molecule has 1 amide bonds. The van der Waals surface area contributed by atoms with Gasteiger partial charge in [0.15, 0.2) is 16.6 Å². The first-order valence-corrected chi connectivity index (χ1v) is 6.87. The molecule has 0 atom stereocenters. The van der Waals surface area contributed by atoms with E-state index in [2.05, 4.69) is 10.3 Å². The first-order chi connectivity index (χ1) is 10.1. The number of anilines is 1. The highest BCUT2D eigenvalue weighted by Gasteiger charge is 2.17. The van der Waals surface area contributed by atoms with Crippen molar-refractivity contribution in [1.82, 2.24) is 4.98 Å². The maximum Gasteiger partial charge on any atom is 0.309 e. The Kier molecular flexibility index (Phi) is 3.44. The average molecular weight is 306 g/mol. The van der Waals surface area contributed by atoms with Crippen LogP contribution in [0.1, 0.15) is 16.1 Å². The minimum atomic E-state index is -0.964. The van der Waals surface area contributed by atoms with Crippen LogP contribution in [0.4, 0.5) is 5.13 Å². The van der Waals surface area contributed by atoms with E-state index >= 15 is 0 Å². The van der Waals surface area contributed by atoms with Gasteiger partial charge in [-0.05, 0) is 18.2 Å². The van der Waals surface area contributed by atoms with Crippen molar-refractivity contribution in [2.75, 3.05) is 12.1 Å². The molecule has 2 heterocycles. The zero-order valence-electron chi connectivity index (χ0n) is 10.7. The summed E-state index contributed by atoms with van der Waals surface area (Å²) in [5.74, 6) is -0.184. The van der Waals surface area contributed by atoms with Crippen molar-refractivity contribution in [3.8, 4) is 11.5 Å². The number of thiazole rings is 1. The van der Waals surface area contributed by atoms with Crippen LogP contribution in [0.3, 0.4) is 0 Å². The normalized spacial score (nSPS) is 12.2. The minimum absolute atomic E-state index is 0.144. The molecule has 2 N–H and O–H groups in total. The van der Waals surface area contributed by atoms with Gasteiger partial charge in [0.1, 0.15) is 0 Å². The van der Waals surface area contributed by atoms with Crippen molar-refractivity contribution in [3.63, 3.8) is 0 Å². The molecule has 108 valence electrons. The van der Waals surface area contributed by atoms with Crippen LogP contribution in [-0.2, 0) is 11.2 Å². The van der Waals surface area contributed by atoms with Crippen LogP contribution >= 0.6 is 11.3 Å². The SMILES string of the molecule is O=C(O)Cc1csc(NC(=O)c2ccc3c(c2)OCO3)n1. The van der Waals surface area contributed by atoms with Gasteiger partial charge in [-0.1, -0.05) is 0 Å². The highest BCUT2D eigenvalue weighted by molar-refractivity contribution is 7.14. The van der Waals surface area contributed by atoms with E-state index in [-0.39, 0.29) is 19.1 Å². The van der Waals surface area contributed by atoms with Gasteiger partial charge in [-0.2, -0.15) is 0 Å². The number of benzene rings is 1. The number of aromatic nitrogens is 1. The molecule has 0 radical (unpaired) electrons. The fraction of sp³-hybridized carbons (Fsp3) is 0.154. The quantitative estimate of drug-likeness (QED) is 0.893. The van der Waals surface area contributed by atoms with Gasteiger partial charge in [-0.25, -0.2) is 4.98 Å². The summed E-state index contributed by atoms with van der Waals surface area (Å²) in [7, 11) is 0. The molecule has 21 heavy (non-hydrogen) atoms. The monoisotopic (exact) mass is 306 g/mol. The molecule has 0 aliphatic carbocycles. The van der Waals surface area contributed by atoms with Crippen LogP contribution in [0.15, 0.2) is 23.6 Å². The number of aliphatic carboxylic acids is 1. The summed E-state index contributed by atoms with van der Waals surface area (Å²) in [5, 5.41) is 13.3.